The highest BCUT2D eigenvalue weighted by atomic mass is 16.5. The lowest BCUT2D eigenvalue weighted by atomic mass is 9.95. The van der Waals surface area contributed by atoms with Gasteiger partial charge in [0.15, 0.2) is 5.78 Å². The van der Waals surface area contributed by atoms with E-state index < -0.39 is 0 Å². The fourth-order valence-electron chi connectivity index (χ4n) is 3.60. The number of hydrogen-bond donors (Lipinski definition) is 1. The molecule has 4 rings (SSSR count). The average Bonchev–Trinajstić information content (AvgIpc) is 3.24. The number of carbonyl (C=O) groups excluding carboxylic acids is 2. The first-order valence-electron chi connectivity index (χ1n) is 10.1. The number of rotatable bonds is 6. The van der Waals surface area contributed by atoms with E-state index >= 15 is 0 Å². The quantitative estimate of drug-likeness (QED) is 0.629. The fraction of sp³-hybridized carbons (Fsp3) is 0.304. The Morgan fingerprint density at radius 2 is 1.77 bits per heavy atom. The highest BCUT2D eigenvalue weighted by molar-refractivity contribution is 5.96. The number of hydrogen-bond acceptors (Lipinski definition) is 6. The smallest absolute Gasteiger partial charge is 0.241 e. The lowest BCUT2D eigenvalue weighted by Gasteiger charge is -2.30. The molecular weight excluding hydrogens is 380 g/mol. The summed E-state index contributed by atoms with van der Waals surface area (Å²) in [7, 11) is 0. The molecule has 3 aromatic rings. The van der Waals surface area contributed by atoms with Crippen molar-refractivity contribution in [3.8, 4) is 11.4 Å². The van der Waals surface area contributed by atoms with Crippen LogP contribution in [0.1, 0.15) is 36.0 Å². The third-order valence-corrected chi connectivity index (χ3v) is 5.38. The fourth-order valence-corrected chi connectivity index (χ4v) is 3.60. The van der Waals surface area contributed by atoms with Crippen LogP contribution in [0, 0.1) is 5.92 Å². The number of nitrogens with one attached hydrogen (secondary N) is 1. The Balaban J connectivity index is 1.27. The van der Waals surface area contributed by atoms with E-state index in [1.54, 1.807) is 24.3 Å². The van der Waals surface area contributed by atoms with Gasteiger partial charge in [-0.15, -0.1) is 0 Å². The Kier molecular flexibility index (Phi) is 5.99. The van der Waals surface area contributed by atoms with Crippen molar-refractivity contribution in [1.29, 1.82) is 0 Å². The van der Waals surface area contributed by atoms with Crippen LogP contribution in [-0.4, -0.2) is 39.8 Å². The van der Waals surface area contributed by atoms with Crippen LogP contribution in [0.5, 0.6) is 0 Å². The summed E-state index contributed by atoms with van der Waals surface area (Å²) >= 11 is 0. The summed E-state index contributed by atoms with van der Waals surface area (Å²) in [6, 6.07) is 16.7. The number of ketones is 1. The lowest BCUT2D eigenvalue weighted by molar-refractivity contribution is -0.121. The Morgan fingerprint density at radius 1 is 1.07 bits per heavy atom. The van der Waals surface area contributed by atoms with Gasteiger partial charge in [0, 0.05) is 22.7 Å². The molecule has 0 saturated carbocycles. The van der Waals surface area contributed by atoms with E-state index in [4.69, 9.17) is 4.52 Å². The van der Waals surface area contributed by atoms with Crippen LogP contribution < -0.4 is 5.32 Å². The van der Waals surface area contributed by atoms with Crippen molar-refractivity contribution in [2.45, 2.75) is 26.3 Å². The van der Waals surface area contributed by atoms with Crippen molar-refractivity contribution in [1.82, 2.24) is 15.0 Å². The molecule has 0 aliphatic carbocycles. The monoisotopic (exact) mass is 404 g/mol. The molecule has 0 unspecified atom stereocenters. The summed E-state index contributed by atoms with van der Waals surface area (Å²) in [6.07, 6.45) is 1.55. The van der Waals surface area contributed by atoms with Gasteiger partial charge in [-0.1, -0.05) is 35.5 Å². The zero-order chi connectivity index (χ0) is 20.9. The molecular formula is C23H24N4O3. The lowest BCUT2D eigenvalue weighted by Crippen LogP contribution is -2.37. The number of piperidine rings is 1. The van der Waals surface area contributed by atoms with Gasteiger partial charge in [-0.3, -0.25) is 14.5 Å². The minimum absolute atomic E-state index is 0.0115. The number of Topliss-reactive ketones (excluding diaryl/α,β-unsaturated/α-hetero) is 1. The van der Waals surface area contributed by atoms with Crippen LogP contribution in [0.4, 0.5) is 5.69 Å². The zero-order valence-electron chi connectivity index (χ0n) is 16.9. The van der Waals surface area contributed by atoms with Crippen molar-refractivity contribution < 1.29 is 14.1 Å². The summed E-state index contributed by atoms with van der Waals surface area (Å²) in [6.45, 7) is 3.70. The van der Waals surface area contributed by atoms with Gasteiger partial charge in [0.1, 0.15) is 0 Å². The molecule has 0 bridgehead atoms. The first-order chi connectivity index (χ1) is 14.6. The van der Waals surface area contributed by atoms with Crippen LogP contribution in [0.2, 0.25) is 0 Å². The Morgan fingerprint density at radius 3 is 2.43 bits per heavy atom. The second kappa shape index (κ2) is 9.00. The van der Waals surface area contributed by atoms with E-state index in [2.05, 4.69) is 20.4 Å². The number of anilines is 1. The van der Waals surface area contributed by atoms with Crippen molar-refractivity contribution in [2.24, 2.45) is 5.92 Å². The Labute approximate surface area is 175 Å². The molecule has 1 aromatic heterocycles. The molecule has 1 saturated heterocycles. The number of carbonyl (C=O) groups is 2. The molecule has 2 heterocycles. The normalized spacial score (nSPS) is 15.1. The van der Waals surface area contributed by atoms with Crippen molar-refractivity contribution in [2.75, 3.05) is 18.4 Å². The highest BCUT2D eigenvalue weighted by Crippen LogP contribution is 2.22. The summed E-state index contributed by atoms with van der Waals surface area (Å²) in [5, 5.41) is 7.02. The molecule has 1 N–H and O–H groups in total. The van der Waals surface area contributed by atoms with E-state index in [1.165, 1.54) is 6.92 Å². The van der Waals surface area contributed by atoms with E-state index in [9.17, 15) is 9.59 Å². The standard InChI is InChI=1S/C23H24N4O3/c1-16(28)17-7-9-20(10-8-17)24-23(29)19-11-13-27(14-12-19)15-21-25-22(26-30-21)18-5-3-2-4-6-18/h2-10,19H,11-15H2,1H3,(H,24,29). The highest BCUT2D eigenvalue weighted by Gasteiger charge is 2.26. The Hall–Kier alpha value is -3.32. The number of benzene rings is 2. The topological polar surface area (TPSA) is 88.3 Å². The first-order valence-corrected chi connectivity index (χ1v) is 10.1. The molecule has 1 fully saturated rings. The summed E-state index contributed by atoms with van der Waals surface area (Å²) in [5.74, 6) is 1.18. The molecule has 0 spiro atoms. The zero-order valence-corrected chi connectivity index (χ0v) is 16.9. The summed E-state index contributed by atoms with van der Waals surface area (Å²) in [4.78, 5) is 30.6. The number of likely N-dealkylation sites (tertiary alicyclic amines) is 1. The van der Waals surface area contributed by atoms with E-state index in [-0.39, 0.29) is 17.6 Å². The minimum Gasteiger partial charge on any atom is -0.338 e. The third-order valence-electron chi connectivity index (χ3n) is 5.38. The van der Waals surface area contributed by atoms with Crippen LogP contribution in [0.25, 0.3) is 11.4 Å². The van der Waals surface area contributed by atoms with Gasteiger partial charge in [0.25, 0.3) is 0 Å². The number of nitrogens with zero attached hydrogens (tertiary/aromatic N) is 3. The third kappa shape index (κ3) is 4.80. The van der Waals surface area contributed by atoms with E-state index in [0.717, 1.165) is 31.5 Å². The molecule has 2 aromatic carbocycles. The van der Waals surface area contributed by atoms with Crippen molar-refractivity contribution in [3.05, 3.63) is 66.1 Å². The van der Waals surface area contributed by atoms with Gasteiger partial charge in [-0.05, 0) is 57.1 Å². The molecule has 1 aliphatic heterocycles. The largest absolute Gasteiger partial charge is 0.338 e. The second-order valence-corrected chi connectivity index (χ2v) is 7.55. The Bertz CT molecular complexity index is 1010. The molecule has 1 amide bonds. The SMILES string of the molecule is CC(=O)c1ccc(NC(=O)C2CCN(Cc3nc(-c4ccccc4)no3)CC2)cc1. The van der Waals surface area contributed by atoms with Gasteiger partial charge >= 0.3 is 0 Å². The minimum atomic E-state index is -0.0312. The molecule has 30 heavy (non-hydrogen) atoms. The van der Waals surface area contributed by atoms with Crippen LogP contribution in [0.3, 0.4) is 0 Å². The summed E-state index contributed by atoms with van der Waals surface area (Å²) < 4.78 is 5.40. The van der Waals surface area contributed by atoms with Gasteiger partial charge < -0.3 is 9.84 Å². The predicted octanol–water partition coefficient (Wildman–Crippen LogP) is 3.79. The maximum atomic E-state index is 12.6. The predicted molar refractivity (Wildman–Crippen MR) is 113 cm³/mol. The van der Waals surface area contributed by atoms with Crippen LogP contribution >= 0.6 is 0 Å². The van der Waals surface area contributed by atoms with Gasteiger partial charge in [-0.2, -0.15) is 4.98 Å². The maximum Gasteiger partial charge on any atom is 0.241 e. The van der Waals surface area contributed by atoms with E-state index in [1.807, 2.05) is 30.3 Å². The molecule has 0 radical (unpaired) electrons. The molecule has 7 nitrogen and oxygen atoms in total. The summed E-state index contributed by atoms with van der Waals surface area (Å²) in [5.41, 5.74) is 2.28. The van der Waals surface area contributed by atoms with Crippen LogP contribution in [-0.2, 0) is 11.3 Å². The van der Waals surface area contributed by atoms with Crippen molar-refractivity contribution >= 4 is 17.4 Å². The van der Waals surface area contributed by atoms with Crippen molar-refractivity contribution in [3.63, 3.8) is 0 Å². The molecule has 154 valence electrons. The molecule has 1 aliphatic rings. The number of amides is 1. The number of aromatic nitrogens is 2. The second-order valence-electron chi connectivity index (χ2n) is 7.55. The average molecular weight is 404 g/mol. The van der Waals surface area contributed by atoms with Gasteiger partial charge in [-0.25, -0.2) is 0 Å². The molecule has 7 heteroatoms. The van der Waals surface area contributed by atoms with Crippen LogP contribution in [0.15, 0.2) is 59.1 Å². The first kappa shape index (κ1) is 20.0. The van der Waals surface area contributed by atoms with Gasteiger partial charge in [0.2, 0.25) is 17.6 Å². The molecule has 0 atom stereocenters. The van der Waals surface area contributed by atoms with Gasteiger partial charge in [0.05, 0.1) is 6.54 Å². The van der Waals surface area contributed by atoms with E-state index in [0.29, 0.717) is 29.5 Å². The maximum absolute atomic E-state index is 12.6.